The summed E-state index contributed by atoms with van der Waals surface area (Å²) in [7, 11) is 0. The SMILES string of the molecule is CC(=O)Oc1cc2oc3c(c2cc1OC(C)=O)c1oc2cc(OC(C)=O)c(OC(C)=O)cc2c1c1oc2cc(OC(C)=O)c(OC(C)=O)cc2c31. The van der Waals surface area contributed by atoms with Crippen molar-refractivity contribution in [3.8, 4) is 34.5 Å². The zero-order valence-electron chi connectivity index (χ0n) is 27.6. The standard InChI is InChI=1S/C36H24O15/c1-13(37)43-25-7-19-22(10-28(25)46-16(4)40)49-34-31(19)35-33(20-8-26(44-14(2)38)29(47-17(5)41)11-23(20)50-35)36-32(34)21-9-27(45-15(3)39)30(48-18(6)42)12-24(21)51-36/h7-12H,1-6H3. The molecular formula is C36H24O15. The van der Waals surface area contributed by atoms with Crippen LogP contribution in [-0.2, 0) is 28.8 Å². The summed E-state index contributed by atoms with van der Waals surface area (Å²) in [4.78, 5) is 72.1. The van der Waals surface area contributed by atoms with Gasteiger partial charge in [-0.05, 0) is 18.2 Å². The van der Waals surface area contributed by atoms with Crippen LogP contribution in [0.3, 0.4) is 0 Å². The summed E-state index contributed by atoms with van der Waals surface area (Å²) >= 11 is 0. The van der Waals surface area contributed by atoms with Crippen LogP contribution in [0.2, 0.25) is 0 Å². The number of benzene rings is 4. The van der Waals surface area contributed by atoms with Crippen molar-refractivity contribution in [2.24, 2.45) is 0 Å². The third kappa shape index (κ3) is 5.69. The number of ether oxygens (including phenoxy) is 6. The van der Waals surface area contributed by atoms with Gasteiger partial charge in [0.15, 0.2) is 51.2 Å². The van der Waals surface area contributed by atoms with E-state index in [1.54, 1.807) is 0 Å². The van der Waals surface area contributed by atoms with E-state index >= 15 is 0 Å². The van der Waals surface area contributed by atoms with Gasteiger partial charge < -0.3 is 41.7 Å². The van der Waals surface area contributed by atoms with Crippen molar-refractivity contribution in [2.45, 2.75) is 41.5 Å². The predicted molar refractivity (Wildman–Crippen MR) is 176 cm³/mol. The minimum atomic E-state index is -0.690. The van der Waals surface area contributed by atoms with Gasteiger partial charge in [-0.15, -0.1) is 0 Å². The molecule has 3 heterocycles. The van der Waals surface area contributed by atoms with E-state index in [-0.39, 0.29) is 68.0 Å². The predicted octanol–water partition coefficient (Wildman–Crippen LogP) is 6.94. The van der Waals surface area contributed by atoms with Crippen molar-refractivity contribution in [1.29, 1.82) is 0 Å². The Labute approximate surface area is 284 Å². The third-order valence-corrected chi connectivity index (χ3v) is 7.47. The lowest BCUT2D eigenvalue weighted by Gasteiger charge is -2.08. The molecule has 0 saturated heterocycles. The molecule has 0 aliphatic carbocycles. The molecule has 0 atom stereocenters. The van der Waals surface area contributed by atoms with Gasteiger partial charge in [-0.1, -0.05) is 0 Å². The number of carbonyl (C=O) groups excluding carboxylic acids is 6. The molecule has 15 nitrogen and oxygen atoms in total. The minimum absolute atomic E-state index is 0.0910. The van der Waals surface area contributed by atoms with Gasteiger partial charge in [0, 0.05) is 75.9 Å². The van der Waals surface area contributed by atoms with E-state index in [2.05, 4.69) is 0 Å². The number of furan rings is 3. The van der Waals surface area contributed by atoms with E-state index in [4.69, 9.17) is 41.7 Å². The Morgan fingerprint density at radius 1 is 0.353 bits per heavy atom. The highest BCUT2D eigenvalue weighted by molar-refractivity contribution is 6.36. The van der Waals surface area contributed by atoms with Crippen LogP contribution >= 0.6 is 0 Å². The van der Waals surface area contributed by atoms with Crippen LogP contribution < -0.4 is 28.4 Å². The summed E-state index contributed by atoms with van der Waals surface area (Å²) in [6.45, 7) is 7.08. The number of hydrogen-bond acceptors (Lipinski definition) is 15. The van der Waals surface area contributed by atoms with Crippen molar-refractivity contribution in [3.05, 3.63) is 36.4 Å². The van der Waals surface area contributed by atoms with Gasteiger partial charge >= 0.3 is 35.8 Å². The highest BCUT2D eigenvalue weighted by atomic mass is 16.6. The maximum atomic E-state index is 12.1. The van der Waals surface area contributed by atoms with Crippen LogP contribution in [0.5, 0.6) is 34.5 Å². The van der Waals surface area contributed by atoms with Crippen molar-refractivity contribution >= 4 is 102 Å². The number of carbonyl (C=O) groups is 6. The summed E-state index contributed by atoms with van der Waals surface area (Å²) in [5.74, 6) is -4.69. The van der Waals surface area contributed by atoms with Crippen molar-refractivity contribution in [3.63, 3.8) is 0 Å². The lowest BCUT2D eigenvalue weighted by Crippen LogP contribution is -2.07. The van der Waals surface area contributed by atoms with E-state index in [0.717, 1.165) is 0 Å². The smallest absolute Gasteiger partial charge is 0.308 e. The third-order valence-electron chi connectivity index (χ3n) is 7.47. The van der Waals surface area contributed by atoms with Crippen molar-refractivity contribution in [1.82, 2.24) is 0 Å². The van der Waals surface area contributed by atoms with Gasteiger partial charge in [0.05, 0.1) is 16.2 Å². The van der Waals surface area contributed by atoms with Gasteiger partial charge in [0.2, 0.25) is 0 Å². The Hall–Kier alpha value is -6.90. The molecule has 258 valence electrons. The Balaban J connectivity index is 1.70. The Morgan fingerprint density at radius 3 is 0.745 bits per heavy atom. The van der Waals surface area contributed by atoms with Crippen LogP contribution in [0.25, 0.3) is 65.8 Å². The minimum Gasteiger partial charge on any atom is -0.455 e. The van der Waals surface area contributed by atoms with Crippen molar-refractivity contribution in [2.75, 3.05) is 0 Å². The highest BCUT2D eigenvalue weighted by Gasteiger charge is 2.29. The van der Waals surface area contributed by atoms with Crippen molar-refractivity contribution < 1.29 is 70.4 Å². The molecule has 51 heavy (non-hydrogen) atoms. The number of esters is 6. The normalized spacial score (nSPS) is 11.4. The van der Waals surface area contributed by atoms with Gasteiger partial charge in [0.25, 0.3) is 0 Å². The Morgan fingerprint density at radius 2 is 0.549 bits per heavy atom. The van der Waals surface area contributed by atoms with Crippen LogP contribution in [0.4, 0.5) is 0 Å². The van der Waals surface area contributed by atoms with E-state index in [0.29, 0.717) is 32.3 Å². The molecule has 0 aliphatic rings. The maximum absolute atomic E-state index is 12.1. The molecule has 0 fully saturated rings. The lowest BCUT2D eigenvalue weighted by molar-refractivity contribution is -0.134. The zero-order valence-corrected chi connectivity index (χ0v) is 27.6. The lowest BCUT2D eigenvalue weighted by atomic mass is 10.0. The number of rotatable bonds is 6. The Kier molecular flexibility index (Phi) is 7.62. The molecule has 15 heteroatoms. The molecule has 4 aromatic carbocycles. The van der Waals surface area contributed by atoms with E-state index in [1.807, 2.05) is 0 Å². The average Bonchev–Trinajstić information content (AvgIpc) is 3.66. The number of hydrogen-bond donors (Lipinski definition) is 0. The highest BCUT2D eigenvalue weighted by Crippen LogP contribution is 2.51. The monoisotopic (exact) mass is 696 g/mol. The second-order valence-corrected chi connectivity index (χ2v) is 11.4. The number of fused-ring (bicyclic) bond motifs is 12. The summed E-state index contributed by atoms with van der Waals surface area (Å²) in [5.41, 5.74) is 1.10. The largest absolute Gasteiger partial charge is 0.455 e. The molecule has 0 amide bonds. The second-order valence-electron chi connectivity index (χ2n) is 11.4. The van der Waals surface area contributed by atoms with Gasteiger partial charge in [0.1, 0.15) is 16.7 Å². The molecule has 0 radical (unpaired) electrons. The molecule has 7 aromatic rings. The first kappa shape index (κ1) is 32.6. The first-order valence-electron chi connectivity index (χ1n) is 15.1. The van der Waals surface area contributed by atoms with Crippen LogP contribution in [-0.4, -0.2) is 35.8 Å². The quantitative estimate of drug-likeness (QED) is 0.128. The topological polar surface area (TPSA) is 197 Å². The Bertz CT molecular complexity index is 2390. The summed E-state index contributed by atoms with van der Waals surface area (Å²) in [6.07, 6.45) is 0. The molecule has 0 spiro atoms. The molecule has 7 rings (SSSR count). The van der Waals surface area contributed by atoms with E-state index in [9.17, 15) is 28.8 Å². The summed E-state index contributed by atoms with van der Waals surface area (Å²) in [5, 5.41) is 2.10. The summed E-state index contributed by atoms with van der Waals surface area (Å²) in [6, 6.07) is 8.45. The first-order chi connectivity index (χ1) is 24.2. The summed E-state index contributed by atoms with van der Waals surface area (Å²) < 4.78 is 51.4. The van der Waals surface area contributed by atoms with Gasteiger partial charge in [-0.3, -0.25) is 28.8 Å². The molecule has 0 saturated carbocycles. The molecular weight excluding hydrogens is 672 g/mol. The first-order valence-corrected chi connectivity index (χ1v) is 15.1. The molecule has 0 unspecified atom stereocenters. The van der Waals surface area contributed by atoms with E-state index in [1.165, 1.54) is 77.9 Å². The van der Waals surface area contributed by atoms with Gasteiger partial charge in [-0.25, -0.2) is 0 Å². The fraction of sp³-hybridized carbons (Fsp3) is 0.167. The fourth-order valence-electron chi connectivity index (χ4n) is 5.93. The average molecular weight is 697 g/mol. The maximum Gasteiger partial charge on any atom is 0.308 e. The van der Waals surface area contributed by atoms with Gasteiger partial charge in [-0.2, -0.15) is 0 Å². The van der Waals surface area contributed by atoms with Crippen LogP contribution in [0, 0.1) is 0 Å². The fourth-order valence-corrected chi connectivity index (χ4v) is 5.93. The molecule has 0 N–H and O–H groups in total. The second kappa shape index (κ2) is 11.9. The van der Waals surface area contributed by atoms with E-state index < -0.39 is 35.8 Å². The van der Waals surface area contributed by atoms with Crippen LogP contribution in [0.1, 0.15) is 41.5 Å². The molecule has 0 bridgehead atoms. The molecule has 3 aromatic heterocycles. The zero-order chi connectivity index (χ0) is 36.5. The molecule has 0 aliphatic heterocycles. The van der Waals surface area contributed by atoms with Crippen LogP contribution in [0.15, 0.2) is 49.6 Å².